The smallest absolute Gasteiger partial charge is 0.0524 e. The summed E-state index contributed by atoms with van der Waals surface area (Å²) in [5, 5.41) is 2.81. The molecule has 0 N–H and O–H groups in total. The van der Waals surface area contributed by atoms with E-state index in [0.29, 0.717) is 0 Å². The monoisotopic (exact) mass is 340 g/mol. The van der Waals surface area contributed by atoms with Gasteiger partial charge in [-0.15, -0.1) is 0 Å². The number of rotatable bonds is 6. The van der Waals surface area contributed by atoms with Crippen LogP contribution in [0, 0.1) is 13.8 Å². The number of aromatic nitrogens is 1. The van der Waals surface area contributed by atoms with Crippen molar-refractivity contribution >= 4 is 30.5 Å². The van der Waals surface area contributed by atoms with Crippen molar-refractivity contribution in [2.75, 3.05) is 20.6 Å². The first-order chi connectivity index (χ1) is 11.5. The molecule has 3 rings (SSSR count). The number of hydrogen-bond acceptors (Lipinski definition) is 1. The predicted octanol–water partition coefficient (Wildman–Crippen LogP) is 5.58. The third-order valence-corrected chi connectivity index (χ3v) is 6.61. The molecule has 0 saturated heterocycles. The average Bonchev–Trinajstić information content (AvgIpc) is 2.83. The van der Waals surface area contributed by atoms with E-state index in [2.05, 4.69) is 80.5 Å². The molecule has 2 unspecified atom stereocenters. The zero-order valence-electron chi connectivity index (χ0n) is 15.6. The van der Waals surface area contributed by atoms with Gasteiger partial charge in [0.25, 0.3) is 0 Å². The molecule has 0 aliphatic heterocycles. The minimum absolute atomic E-state index is 0.744. The quantitative estimate of drug-likeness (QED) is 0.532. The summed E-state index contributed by atoms with van der Waals surface area (Å²) in [5.74, 6) is 0. The second kappa shape index (κ2) is 7.25. The van der Waals surface area contributed by atoms with Crippen LogP contribution in [0.1, 0.15) is 30.9 Å². The molecular formula is C21H29N2P. The van der Waals surface area contributed by atoms with Crippen LogP contribution in [0.15, 0.2) is 36.4 Å². The van der Waals surface area contributed by atoms with Crippen molar-refractivity contribution in [3.8, 4) is 0 Å². The Labute approximate surface area is 147 Å². The van der Waals surface area contributed by atoms with Crippen molar-refractivity contribution in [2.45, 2.75) is 39.3 Å². The lowest BCUT2D eigenvalue weighted by molar-refractivity contribution is 0.395. The largest absolute Gasteiger partial charge is 0.321 e. The molecule has 0 saturated carbocycles. The molecule has 3 aromatic rings. The van der Waals surface area contributed by atoms with E-state index in [9.17, 15) is 0 Å². The zero-order chi connectivity index (χ0) is 17.3. The highest BCUT2D eigenvalue weighted by Gasteiger charge is 2.15. The Morgan fingerprint density at radius 2 is 1.50 bits per heavy atom. The van der Waals surface area contributed by atoms with Gasteiger partial charge in [0.2, 0.25) is 0 Å². The molecule has 0 bridgehead atoms. The van der Waals surface area contributed by atoms with Gasteiger partial charge in [-0.2, -0.15) is 0 Å². The maximum atomic E-state index is 2.58. The third kappa shape index (κ3) is 3.50. The predicted molar refractivity (Wildman–Crippen MR) is 110 cm³/mol. The van der Waals surface area contributed by atoms with Gasteiger partial charge in [0.15, 0.2) is 0 Å². The fourth-order valence-electron chi connectivity index (χ4n) is 3.35. The van der Waals surface area contributed by atoms with E-state index in [0.717, 1.165) is 14.4 Å². The van der Waals surface area contributed by atoms with Gasteiger partial charge in [-0.3, -0.25) is 0 Å². The van der Waals surface area contributed by atoms with Gasteiger partial charge in [-0.25, -0.2) is 0 Å². The maximum Gasteiger partial charge on any atom is 0.0524 e. The van der Waals surface area contributed by atoms with Gasteiger partial charge < -0.3 is 9.24 Å². The van der Waals surface area contributed by atoms with Crippen LogP contribution in [0.5, 0.6) is 0 Å². The SMILES string of the molecule is CCC(CCN(C)C)Pn1c2ccc(C)cc2c2cc(C)ccc21. The summed E-state index contributed by atoms with van der Waals surface area (Å²) in [6.45, 7) is 7.87. The lowest BCUT2D eigenvalue weighted by Gasteiger charge is -2.19. The lowest BCUT2D eigenvalue weighted by Crippen LogP contribution is -2.17. The van der Waals surface area contributed by atoms with Crippen LogP contribution in [-0.2, 0) is 0 Å². The highest BCUT2D eigenvalue weighted by atomic mass is 31.1. The maximum absolute atomic E-state index is 2.58. The van der Waals surface area contributed by atoms with Crippen LogP contribution in [0.25, 0.3) is 21.8 Å². The Kier molecular flexibility index (Phi) is 5.27. The van der Waals surface area contributed by atoms with Gasteiger partial charge in [-0.05, 0) is 86.0 Å². The summed E-state index contributed by atoms with van der Waals surface area (Å²) < 4.78 is 2.58. The Morgan fingerprint density at radius 1 is 0.958 bits per heavy atom. The summed E-state index contributed by atoms with van der Waals surface area (Å²) in [7, 11) is 5.15. The summed E-state index contributed by atoms with van der Waals surface area (Å²) in [6.07, 6.45) is 2.51. The Bertz CT molecular complexity index is 789. The second-order valence-corrected chi connectivity index (χ2v) is 8.72. The van der Waals surface area contributed by atoms with Crippen LogP contribution in [-0.4, -0.2) is 35.5 Å². The minimum atomic E-state index is 0.744. The van der Waals surface area contributed by atoms with E-state index in [4.69, 9.17) is 0 Å². The highest BCUT2D eigenvalue weighted by Crippen LogP contribution is 2.39. The normalized spacial score (nSPS) is 13.8. The highest BCUT2D eigenvalue weighted by molar-refractivity contribution is 7.37. The van der Waals surface area contributed by atoms with Crippen LogP contribution in [0.3, 0.4) is 0 Å². The Morgan fingerprint density at radius 3 is 1.96 bits per heavy atom. The fourth-order valence-corrected chi connectivity index (χ4v) is 4.82. The molecule has 0 aliphatic carbocycles. The molecule has 2 atom stereocenters. The van der Waals surface area contributed by atoms with E-state index in [1.165, 1.54) is 52.3 Å². The van der Waals surface area contributed by atoms with E-state index in [1.807, 2.05) is 0 Å². The fraction of sp³-hybridized carbons (Fsp3) is 0.429. The topological polar surface area (TPSA) is 8.17 Å². The van der Waals surface area contributed by atoms with E-state index < -0.39 is 0 Å². The molecule has 0 fully saturated rings. The zero-order valence-corrected chi connectivity index (χ0v) is 16.6. The minimum Gasteiger partial charge on any atom is -0.321 e. The number of hydrogen-bond donors (Lipinski definition) is 0. The first-order valence-electron chi connectivity index (χ1n) is 8.92. The van der Waals surface area contributed by atoms with Crippen molar-refractivity contribution in [3.05, 3.63) is 47.5 Å². The average molecular weight is 340 g/mol. The van der Waals surface area contributed by atoms with Gasteiger partial charge in [0, 0.05) is 10.8 Å². The van der Waals surface area contributed by atoms with Crippen molar-refractivity contribution in [1.29, 1.82) is 0 Å². The Hall–Kier alpha value is -1.37. The molecule has 128 valence electrons. The van der Waals surface area contributed by atoms with Crippen LogP contribution in [0.2, 0.25) is 0 Å². The number of nitrogens with zero attached hydrogens (tertiary/aromatic N) is 2. The molecule has 0 amide bonds. The first-order valence-corrected chi connectivity index (χ1v) is 9.94. The van der Waals surface area contributed by atoms with Crippen LogP contribution in [0.4, 0.5) is 0 Å². The number of benzene rings is 2. The summed E-state index contributed by atoms with van der Waals surface area (Å²) >= 11 is 0. The van der Waals surface area contributed by atoms with Crippen molar-refractivity contribution in [2.24, 2.45) is 0 Å². The van der Waals surface area contributed by atoms with Gasteiger partial charge in [0.1, 0.15) is 0 Å². The van der Waals surface area contributed by atoms with Crippen LogP contribution >= 0.6 is 8.73 Å². The molecule has 0 spiro atoms. The van der Waals surface area contributed by atoms with E-state index in [1.54, 1.807) is 0 Å². The third-order valence-electron chi connectivity index (χ3n) is 4.81. The van der Waals surface area contributed by atoms with Crippen LogP contribution < -0.4 is 0 Å². The molecule has 3 heteroatoms. The molecule has 24 heavy (non-hydrogen) atoms. The molecule has 0 radical (unpaired) electrons. The summed E-state index contributed by atoms with van der Waals surface area (Å²) in [6, 6.07) is 13.8. The molecular weight excluding hydrogens is 311 g/mol. The Balaban J connectivity index is 2.08. The first kappa shape index (κ1) is 17.5. The van der Waals surface area contributed by atoms with Gasteiger partial charge >= 0.3 is 0 Å². The summed E-state index contributed by atoms with van der Waals surface area (Å²) in [5.41, 5.74) is 6.21. The molecule has 2 nitrogen and oxygen atoms in total. The van der Waals surface area contributed by atoms with Crippen molar-refractivity contribution in [1.82, 2.24) is 9.24 Å². The second-order valence-electron chi connectivity index (χ2n) is 7.20. The lowest BCUT2D eigenvalue weighted by atomic mass is 10.1. The van der Waals surface area contributed by atoms with Crippen molar-refractivity contribution < 1.29 is 0 Å². The molecule has 1 aromatic heterocycles. The molecule has 0 aliphatic rings. The number of aryl methyl sites for hydroxylation is 2. The van der Waals surface area contributed by atoms with Gasteiger partial charge in [-0.1, -0.05) is 30.2 Å². The van der Waals surface area contributed by atoms with E-state index in [-0.39, 0.29) is 0 Å². The van der Waals surface area contributed by atoms with E-state index >= 15 is 0 Å². The number of fused-ring (bicyclic) bond motifs is 3. The summed E-state index contributed by atoms with van der Waals surface area (Å²) in [4.78, 5) is 2.30. The molecule has 1 heterocycles. The van der Waals surface area contributed by atoms with Crippen molar-refractivity contribution in [3.63, 3.8) is 0 Å². The molecule has 2 aromatic carbocycles. The standard InChI is InChI=1S/C21H29N2P/c1-6-17(11-12-22(4)5)24-23-20-9-7-15(2)13-18(20)19-14-16(3)8-10-21(19)23/h7-10,13-14,17,24H,6,11-12H2,1-5H3. The van der Waals surface area contributed by atoms with Gasteiger partial charge in [0.05, 0.1) is 11.0 Å².